The maximum atomic E-state index is 5.99. The maximum Gasteiger partial charge on any atom is 0.197 e. The molecule has 0 atom stereocenters. The van der Waals surface area contributed by atoms with Crippen molar-refractivity contribution in [1.29, 1.82) is 0 Å². The van der Waals surface area contributed by atoms with E-state index in [1.807, 2.05) is 12.1 Å². The Morgan fingerprint density at radius 3 is 2.77 bits per heavy atom. The predicted molar refractivity (Wildman–Crippen MR) is 59.9 cm³/mol. The topological polar surface area (TPSA) is 25.8 Å². The Balaban J connectivity index is 2.87. The monoisotopic (exact) mass is 320 g/mol. The molecule has 0 amide bonds. The lowest BCUT2D eigenvalue weighted by Crippen LogP contribution is -1.85. The number of hydrogen-bond acceptors (Lipinski definition) is 2. The summed E-state index contributed by atoms with van der Waals surface area (Å²) in [7, 11) is 0. The zero-order valence-electron chi connectivity index (χ0n) is 6.26. The van der Waals surface area contributed by atoms with Gasteiger partial charge in [0.25, 0.3) is 0 Å². The Kier molecular flexibility index (Phi) is 2.53. The predicted octanol–water partition coefficient (Wildman–Crippen LogP) is 3.81. The highest BCUT2D eigenvalue weighted by Crippen LogP contribution is 2.26. The van der Waals surface area contributed by atoms with E-state index >= 15 is 0 Å². The smallest absolute Gasteiger partial charge is 0.197 e. The van der Waals surface area contributed by atoms with Crippen LogP contribution in [0.4, 0.5) is 0 Å². The van der Waals surface area contributed by atoms with Crippen molar-refractivity contribution in [3.8, 4) is 0 Å². The Hall–Kier alpha value is -0.190. The average molecular weight is 322 g/mol. The number of nitrogens with zero attached hydrogens (tertiary/aromatic N) is 2. The fourth-order valence-electron chi connectivity index (χ4n) is 1.05. The molecule has 1 aromatic heterocycles. The Labute approximate surface area is 96.6 Å². The SMILES string of the molecule is Clc1cc(Br)cc2cnc(Br)nc12. The van der Waals surface area contributed by atoms with Crippen LogP contribution in [0.3, 0.4) is 0 Å². The second kappa shape index (κ2) is 3.52. The van der Waals surface area contributed by atoms with E-state index in [4.69, 9.17) is 11.6 Å². The van der Waals surface area contributed by atoms with Crippen LogP contribution in [0.1, 0.15) is 0 Å². The number of fused-ring (bicyclic) bond motifs is 1. The van der Waals surface area contributed by atoms with Gasteiger partial charge in [0.15, 0.2) is 4.73 Å². The fourth-order valence-corrected chi connectivity index (χ4v) is 2.20. The van der Waals surface area contributed by atoms with Crippen molar-refractivity contribution >= 4 is 54.4 Å². The molecule has 2 rings (SSSR count). The number of aromatic nitrogens is 2. The largest absolute Gasteiger partial charge is 0.230 e. The third kappa shape index (κ3) is 1.85. The van der Waals surface area contributed by atoms with E-state index in [9.17, 15) is 0 Å². The molecule has 0 spiro atoms. The van der Waals surface area contributed by atoms with Gasteiger partial charge in [-0.1, -0.05) is 27.5 Å². The van der Waals surface area contributed by atoms with E-state index in [0.717, 1.165) is 15.4 Å². The van der Waals surface area contributed by atoms with E-state index in [2.05, 4.69) is 41.8 Å². The maximum absolute atomic E-state index is 5.99. The molecule has 2 nitrogen and oxygen atoms in total. The van der Waals surface area contributed by atoms with Crippen LogP contribution in [-0.2, 0) is 0 Å². The first-order chi connectivity index (χ1) is 6.16. The standard InChI is InChI=1S/C8H3Br2ClN2/c9-5-1-4-3-12-8(10)13-7(4)6(11)2-5/h1-3H. The number of halogens is 3. The number of benzene rings is 1. The van der Waals surface area contributed by atoms with Crippen LogP contribution in [0.15, 0.2) is 27.5 Å². The highest BCUT2D eigenvalue weighted by Gasteiger charge is 2.03. The van der Waals surface area contributed by atoms with Crippen LogP contribution in [-0.4, -0.2) is 9.97 Å². The molecule has 13 heavy (non-hydrogen) atoms. The van der Waals surface area contributed by atoms with Crippen molar-refractivity contribution in [2.75, 3.05) is 0 Å². The first-order valence-corrected chi connectivity index (χ1v) is 5.40. The van der Waals surface area contributed by atoms with Crippen LogP contribution in [0.2, 0.25) is 5.02 Å². The molecule has 0 aliphatic carbocycles. The van der Waals surface area contributed by atoms with E-state index < -0.39 is 0 Å². The van der Waals surface area contributed by atoms with Gasteiger partial charge < -0.3 is 0 Å². The van der Waals surface area contributed by atoms with Crippen LogP contribution >= 0.6 is 43.5 Å². The van der Waals surface area contributed by atoms with Gasteiger partial charge in [-0.05, 0) is 28.1 Å². The molecule has 0 radical (unpaired) electrons. The van der Waals surface area contributed by atoms with Gasteiger partial charge in [0.1, 0.15) is 0 Å². The molecule has 0 aliphatic heterocycles. The molecule has 5 heteroatoms. The Morgan fingerprint density at radius 2 is 2.00 bits per heavy atom. The van der Waals surface area contributed by atoms with Gasteiger partial charge in [-0.3, -0.25) is 0 Å². The van der Waals surface area contributed by atoms with Gasteiger partial charge in [0.05, 0.1) is 10.5 Å². The van der Waals surface area contributed by atoms with Gasteiger partial charge in [-0.25, -0.2) is 9.97 Å². The van der Waals surface area contributed by atoms with Gasteiger partial charge >= 0.3 is 0 Å². The second-order valence-corrected chi connectivity index (χ2v) is 4.50. The zero-order chi connectivity index (χ0) is 9.42. The van der Waals surface area contributed by atoms with Gasteiger partial charge in [-0.2, -0.15) is 0 Å². The number of rotatable bonds is 0. The summed E-state index contributed by atoms with van der Waals surface area (Å²) in [6, 6.07) is 3.73. The highest BCUT2D eigenvalue weighted by molar-refractivity contribution is 9.10. The summed E-state index contributed by atoms with van der Waals surface area (Å²) in [4.78, 5) is 8.18. The normalized spacial score (nSPS) is 10.7. The molecular formula is C8H3Br2ClN2. The molecule has 0 N–H and O–H groups in total. The van der Waals surface area contributed by atoms with Gasteiger partial charge in [0, 0.05) is 16.1 Å². The first-order valence-electron chi connectivity index (χ1n) is 3.44. The van der Waals surface area contributed by atoms with Crippen LogP contribution in [0.25, 0.3) is 10.9 Å². The van der Waals surface area contributed by atoms with Crippen molar-refractivity contribution < 1.29 is 0 Å². The van der Waals surface area contributed by atoms with E-state index in [1.54, 1.807) is 6.20 Å². The Morgan fingerprint density at radius 1 is 1.23 bits per heavy atom. The van der Waals surface area contributed by atoms with Gasteiger partial charge in [0.2, 0.25) is 0 Å². The molecule has 66 valence electrons. The van der Waals surface area contributed by atoms with Gasteiger partial charge in [-0.15, -0.1) is 0 Å². The summed E-state index contributed by atoms with van der Waals surface area (Å²) >= 11 is 12.5. The van der Waals surface area contributed by atoms with E-state index in [0.29, 0.717) is 9.76 Å². The minimum absolute atomic E-state index is 0.546. The Bertz CT molecular complexity index is 473. The molecule has 0 fully saturated rings. The molecule has 2 aromatic rings. The molecule has 0 aliphatic rings. The minimum Gasteiger partial charge on any atom is -0.230 e. The van der Waals surface area contributed by atoms with E-state index in [-0.39, 0.29) is 0 Å². The average Bonchev–Trinajstić information content (AvgIpc) is 2.06. The third-order valence-corrected chi connectivity index (χ3v) is 2.70. The quantitative estimate of drug-likeness (QED) is 0.689. The molecule has 0 saturated heterocycles. The lowest BCUT2D eigenvalue weighted by Gasteiger charge is -2.00. The summed E-state index contributed by atoms with van der Waals surface area (Å²) < 4.78 is 1.47. The fraction of sp³-hybridized carbons (Fsp3) is 0. The van der Waals surface area contributed by atoms with Crippen molar-refractivity contribution in [2.45, 2.75) is 0 Å². The lowest BCUT2D eigenvalue weighted by molar-refractivity contribution is 1.16. The van der Waals surface area contributed by atoms with Crippen LogP contribution in [0, 0.1) is 0 Å². The minimum atomic E-state index is 0.546. The summed E-state index contributed by atoms with van der Waals surface area (Å²) in [6.45, 7) is 0. The lowest BCUT2D eigenvalue weighted by atomic mass is 10.2. The molecule has 0 saturated carbocycles. The molecule has 1 aromatic carbocycles. The van der Waals surface area contributed by atoms with Crippen molar-refractivity contribution in [2.24, 2.45) is 0 Å². The van der Waals surface area contributed by atoms with Crippen molar-refractivity contribution in [3.63, 3.8) is 0 Å². The van der Waals surface area contributed by atoms with Crippen LogP contribution < -0.4 is 0 Å². The van der Waals surface area contributed by atoms with E-state index in [1.165, 1.54) is 0 Å². The molecular weight excluding hydrogens is 319 g/mol. The van der Waals surface area contributed by atoms with Crippen molar-refractivity contribution in [3.05, 3.63) is 32.6 Å². The van der Waals surface area contributed by atoms with Crippen molar-refractivity contribution in [1.82, 2.24) is 9.97 Å². The summed E-state index contributed by atoms with van der Waals surface area (Å²) in [5.41, 5.74) is 0.756. The third-order valence-electron chi connectivity index (χ3n) is 1.57. The second-order valence-electron chi connectivity index (χ2n) is 2.46. The summed E-state index contributed by atoms with van der Waals surface area (Å²) in [5, 5.41) is 1.54. The molecule has 0 bridgehead atoms. The number of hydrogen-bond donors (Lipinski definition) is 0. The first kappa shape index (κ1) is 9.37. The zero-order valence-corrected chi connectivity index (χ0v) is 10.2. The highest BCUT2D eigenvalue weighted by atomic mass is 79.9. The summed E-state index contributed by atoms with van der Waals surface area (Å²) in [6.07, 6.45) is 1.73. The summed E-state index contributed by atoms with van der Waals surface area (Å²) in [5.74, 6) is 0. The van der Waals surface area contributed by atoms with Crippen LogP contribution in [0.5, 0.6) is 0 Å². The molecule has 1 heterocycles. The molecule has 0 unspecified atom stereocenters.